The molecule has 0 radical (unpaired) electrons. The molecule has 0 N–H and O–H groups in total. The van der Waals surface area contributed by atoms with E-state index in [1.54, 1.807) is 0 Å². The molecule has 4 rings (SSSR count). The molecule has 0 spiro atoms. The lowest BCUT2D eigenvalue weighted by molar-refractivity contribution is 0.568. The lowest BCUT2D eigenvalue weighted by Crippen LogP contribution is -2.10. The molecule has 0 saturated heterocycles. The third kappa shape index (κ3) is 1.82. The van der Waals surface area contributed by atoms with Crippen molar-refractivity contribution in [3.05, 3.63) is 78.4 Å². The molecular formula is C21H20. The van der Waals surface area contributed by atoms with E-state index in [1.807, 2.05) is 0 Å². The molecule has 0 amide bonds. The van der Waals surface area contributed by atoms with Gasteiger partial charge in [-0.25, -0.2) is 0 Å². The van der Waals surface area contributed by atoms with E-state index in [1.165, 1.54) is 28.7 Å². The molecule has 1 fully saturated rings. The van der Waals surface area contributed by atoms with Gasteiger partial charge in [0.15, 0.2) is 0 Å². The Kier molecular flexibility index (Phi) is 2.53. The minimum absolute atomic E-state index is 0.329. The first-order chi connectivity index (χ1) is 10.1. The second-order valence-electron chi connectivity index (χ2n) is 6.81. The Labute approximate surface area is 126 Å². The van der Waals surface area contributed by atoms with Crippen molar-refractivity contribution in [2.45, 2.75) is 20.3 Å². The van der Waals surface area contributed by atoms with Crippen molar-refractivity contribution in [3.63, 3.8) is 0 Å². The van der Waals surface area contributed by atoms with E-state index in [0.29, 0.717) is 10.8 Å². The van der Waals surface area contributed by atoms with Gasteiger partial charge in [0.05, 0.1) is 0 Å². The topological polar surface area (TPSA) is 0 Å². The van der Waals surface area contributed by atoms with Crippen molar-refractivity contribution in [2.24, 2.45) is 10.8 Å². The van der Waals surface area contributed by atoms with Gasteiger partial charge in [-0.2, -0.15) is 0 Å². The summed E-state index contributed by atoms with van der Waals surface area (Å²) in [5, 5.41) is 0. The van der Waals surface area contributed by atoms with Crippen molar-refractivity contribution in [2.75, 3.05) is 0 Å². The zero-order valence-corrected chi connectivity index (χ0v) is 12.6. The number of benzene rings is 2. The van der Waals surface area contributed by atoms with E-state index < -0.39 is 0 Å². The Morgan fingerprint density at radius 3 is 2.10 bits per heavy atom. The van der Waals surface area contributed by atoms with Gasteiger partial charge >= 0.3 is 0 Å². The number of rotatable bonds is 2. The molecule has 0 nitrogen and oxygen atoms in total. The highest BCUT2D eigenvalue weighted by Crippen LogP contribution is 2.71. The van der Waals surface area contributed by atoms with Crippen LogP contribution >= 0.6 is 0 Å². The van der Waals surface area contributed by atoms with E-state index in [-0.39, 0.29) is 0 Å². The Bertz CT molecular complexity index is 733. The van der Waals surface area contributed by atoms with Crippen LogP contribution in [0.3, 0.4) is 0 Å². The molecule has 0 aliphatic heterocycles. The summed E-state index contributed by atoms with van der Waals surface area (Å²) in [6, 6.07) is 19.6. The van der Waals surface area contributed by atoms with E-state index in [4.69, 9.17) is 0 Å². The quantitative estimate of drug-likeness (QED) is 0.655. The maximum Gasteiger partial charge on any atom is 0.00278 e. The average molecular weight is 272 g/mol. The standard InChI is InChI=1S/C21H20/c1-20-14-6-9-19(21(20,2)15-20)18-12-10-17(11-13-18)16-7-4-3-5-8-16/h3-14H,15H2,1-2H3. The van der Waals surface area contributed by atoms with Gasteiger partial charge in [-0.15, -0.1) is 0 Å². The van der Waals surface area contributed by atoms with Gasteiger partial charge in [0.2, 0.25) is 0 Å². The fourth-order valence-corrected chi connectivity index (χ4v) is 3.76. The van der Waals surface area contributed by atoms with Crippen molar-refractivity contribution in [3.8, 4) is 11.1 Å². The van der Waals surface area contributed by atoms with Crippen LogP contribution in [0.4, 0.5) is 0 Å². The minimum Gasteiger partial charge on any atom is -0.0777 e. The van der Waals surface area contributed by atoms with Gasteiger partial charge in [-0.1, -0.05) is 86.7 Å². The third-order valence-electron chi connectivity index (χ3n) is 5.48. The summed E-state index contributed by atoms with van der Waals surface area (Å²) >= 11 is 0. The first kappa shape index (κ1) is 12.6. The van der Waals surface area contributed by atoms with Crippen LogP contribution in [-0.2, 0) is 0 Å². The second-order valence-corrected chi connectivity index (χ2v) is 6.81. The molecule has 2 atom stereocenters. The molecular weight excluding hydrogens is 252 g/mol. The highest BCUT2D eigenvalue weighted by atomic mass is 14.6. The normalized spacial score (nSPS) is 29.7. The van der Waals surface area contributed by atoms with Crippen molar-refractivity contribution >= 4 is 5.57 Å². The highest BCUT2D eigenvalue weighted by Gasteiger charge is 2.62. The molecule has 0 heterocycles. The summed E-state index contributed by atoms with van der Waals surface area (Å²) < 4.78 is 0. The molecule has 0 aromatic heterocycles. The van der Waals surface area contributed by atoms with Gasteiger partial charge in [0, 0.05) is 5.41 Å². The number of allylic oxidation sites excluding steroid dienone is 4. The predicted octanol–water partition coefficient (Wildman–Crippen LogP) is 5.72. The molecule has 2 aliphatic rings. The number of fused-ring (bicyclic) bond motifs is 1. The maximum absolute atomic E-state index is 2.40. The Hall–Kier alpha value is -2.08. The van der Waals surface area contributed by atoms with Crippen molar-refractivity contribution < 1.29 is 0 Å². The van der Waals surface area contributed by atoms with Crippen LogP contribution in [-0.4, -0.2) is 0 Å². The van der Waals surface area contributed by atoms with Gasteiger partial charge in [-0.3, -0.25) is 0 Å². The summed E-state index contributed by atoms with van der Waals surface area (Å²) in [5.41, 5.74) is 6.13. The van der Waals surface area contributed by atoms with Crippen LogP contribution in [0.2, 0.25) is 0 Å². The fraction of sp³-hybridized carbons (Fsp3) is 0.238. The summed E-state index contributed by atoms with van der Waals surface area (Å²) in [6.45, 7) is 4.77. The van der Waals surface area contributed by atoms with E-state index in [9.17, 15) is 0 Å². The zero-order valence-electron chi connectivity index (χ0n) is 12.6. The molecule has 2 aliphatic carbocycles. The lowest BCUT2D eigenvalue weighted by atomic mass is 9.81. The monoisotopic (exact) mass is 272 g/mol. The minimum atomic E-state index is 0.329. The molecule has 2 aromatic carbocycles. The Balaban J connectivity index is 1.69. The average Bonchev–Trinajstić information content (AvgIpc) is 3.11. The molecule has 0 bridgehead atoms. The van der Waals surface area contributed by atoms with Crippen LogP contribution in [0.1, 0.15) is 25.8 Å². The predicted molar refractivity (Wildman–Crippen MR) is 89.8 cm³/mol. The first-order valence-electron chi connectivity index (χ1n) is 7.68. The summed E-state index contributed by atoms with van der Waals surface area (Å²) in [6.07, 6.45) is 8.17. The van der Waals surface area contributed by atoms with Crippen LogP contribution in [0, 0.1) is 10.8 Å². The summed E-state index contributed by atoms with van der Waals surface area (Å²) in [5.74, 6) is 0. The van der Waals surface area contributed by atoms with E-state index in [0.717, 1.165) is 0 Å². The first-order valence-corrected chi connectivity index (χ1v) is 7.68. The van der Waals surface area contributed by atoms with Gasteiger partial charge in [0.25, 0.3) is 0 Å². The van der Waals surface area contributed by atoms with Gasteiger partial charge in [-0.05, 0) is 34.1 Å². The lowest BCUT2D eigenvalue weighted by Gasteiger charge is -2.23. The zero-order chi connectivity index (χ0) is 14.5. The number of hydrogen-bond donors (Lipinski definition) is 0. The Morgan fingerprint density at radius 1 is 0.762 bits per heavy atom. The van der Waals surface area contributed by atoms with Gasteiger partial charge < -0.3 is 0 Å². The molecule has 2 aromatic rings. The fourth-order valence-electron chi connectivity index (χ4n) is 3.76. The Morgan fingerprint density at radius 2 is 1.38 bits per heavy atom. The highest BCUT2D eigenvalue weighted by molar-refractivity contribution is 5.79. The van der Waals surface area contributed by atoms with E-state index in [2.05, 4.69) is 86.7 Å². The largest absolute Gasteiger partial charge is 0.0777 e. The van der Waals surface area contributed by atoms with Crippen LogP contribution in [0.25, 0.3) is 16.7 Å². The van der Waals surface area contributed by atoms with E-state index >= 15 is 0 Å². The maximum atomic E-state index is 2.40. The van der Waals surface area contributed by atoms with Crippen LogP contribution in [0.5, 0.6) is 0 Å². The smallest absolute Gasteiger partial charge is 0.00278 e. The van der Waals surface area contributed by atoms with Crippen LogP contribution in [0.15, 0.2) is 72.8 Å². The molecule has 2 unspecified atom stereocenters. The van der Waals surface area contributed by atoms with Crippen molar-refractivity contribution in [1.82, 2.24) is 0 Å². The molecule has 1 saturated carbocycles. The molecule has 21 heavy (non-hydrogen) atoms. The number of hydrogen-bond acceptors (Lipinski definition) is 0. The molecule has 104 valence electrons. The summed E-state index contributed by atoms with van der Waals surface area (Å²) in [7, 11) is 0. The van der Waals surface area contributed by atoms with Gasteiger partial charge in [0.1, 0.15) is 0 Å². The van der Waals surface area contributed by atoms with Crippen molar-refractivity contribution in [1.29, 1.82) is 0 Å². The third-order valence-corrected chi connectivity index (χ3v) is 5.48. The molecule has 0 heteroatoms. The van der Waals surface area contributed by atoms with Crippen LogP contribution < -0.4 is 0 Å². The summed E-state index contributed by atoms with van der Waals surface area (Å²) in [4.78, 5) is 0. The SMILES string of the molecule is CC12C=CC=C(c3ccc(-c4ccccc4)cc3)C1(C)C2. The second kappa shape index (κ2) is 4.21.